The highest BCUT2D eigenvalue weighted by Crippen LogP contribution is 2.35. The zero-order valence-corrected chi connectivity index (χ0v) is 19.0. The third-order valence-electron chi connectivity index (χ3n) is 6.66. The molecule has 8 nitrogen and oxygen atoms in total. The highest BCUT2D eigenvalue weighted by atomic mass is 16.2. The predicted molar refractivity (Wildman–Crippen MR) is 124 cm³/mol. The fourth-order valence-electron chi connectivity index (χ4n) is 4.85. The molecule has 1 atom stereocenters. The van der Waals surface area contributed by atoms with Crippen molar-refractivity contribution in [3.8, 4) is 0 Å². The Balaban J connectivity index is 1.52. The lowest BCUT2D eigenvalue weighted by molar-refractivity contribution is -0.119. The zero-order chi connectivity index (χ0) is 22.9. The number of amides is 2. The number of anilines is 1. The van der Waals surface area contributed by atoms with E-state index in [9.17, 15) is 9.59 Å². The zero-order valence-electron chi connectivity index (χ0n) is 19.0. The molecule has 5 rings (SSSR count). The molecule has 3 aromatic rings. The van der Waals surface area contributed by atoms with Crippen LogP contribution >= 0.6 is 0 Å². The normalized spacial score (nSPS) is 18.4. The minimum atomic E-state index is -0.222. The molecule has 1 saturated heterocycles. The first kappa shape index (κ1) is 21.3. The van der Waals surface area contributed by atoms with Gasteiger partial charge in [0.2, 0.25) is 5.91 Å². The number of benzene rings is 1. The van der Waals surface area contributed by atoms with Crippen LogP contribution in [0.4, 0.5) is 5.82 Å². The summed E-state index contributed by atoms with van der Waals surface area (Å²) in [4.78, 5) is 39.7. The summed E-state index contributed by atoms with van der Waals surface area (Å²) in [5.41, 5.74) is 4.30. The van der Waals surface area contributed by atoms with Gasteiger partial charge in [-0.2, -0.15) is 5.10 Å². The fraction of sp³-hybridized carbons (Fsp3) is 0.400. The van der Waals surface area contributed by atoms with E-state index in [0.717, 1.165) is 41.8 Å². The molecule has 33 heavy (non-hydrogen) atoms. The van der Waals surface area contributed by atoms with E-state index in [0.29, 0.717) is 43.1 Å². The molecule has 8 heteroatoms. The summed E-state index contributed by atoms with van der Waals surface area (Å²) >= 11 is 0. The van der Waals surface area contributed by atoms with Crippen LogP contribution in [0.2, 0.25) is 0 Å². The van der Waals surface area contributed by atoms with E-state index in [4.69, 9.17) is 9.97 Å². The van der Waals surface area contributed by atoms with Crippen LogP contribution in [0.1, 0.15) is 70.4 Å². The number of hydrogen-bond acceptors (Lipinski definition) is 5. The molecule has 0 saturated carbocycles. The number of piperidine rings is 1. The van der Waals surface area contributed by atoms with Gasteiger partial charge in [0.25, 0.3) is 5.91 Å². The van der Waals surface area contributed by atoms with E-state index in [2.05, 4.69) is 10.2 Å². The molecule has 1 aromatic carbocycles. The van der Waals surface area contributed by atoms with E-state index in [-0.39, 0.29) is 17.9 Å². The highest BCUT2D eigenvalue weighted by Gasteiger charge is 2.34. The Kier molecular flexibility index (Phi) is 5.66. The summed E-state index contributed by atoms with van der Waals surface area (Å²) in [6.07, 6.45) is 5.44. The Morgan fingerprint density at radius 2 is 1.94 bits per heavy atom. The van der Waals surface area contributed by atoms with Crippen molar-refractivity contribution in [1.82, 2.24) is 25.1 Å². The Bertz CT molecular complexity index is 1190. The standard InChI is InChI=1S/C25H28N6O2/c1-16-19-11-12-22(32)31(15-18-8-4-3-5-9-18)24(19)28-23(27-16)21-10-6-7-13-30(21)25(33)20-14-26-29-17(20)2/h3-5,8-9,14,21H,6-7,10-13,15H2,1-2H3,(H,26,29)/t21-/m1/s1. The fourth-order valence-corrected chi connectivity index (χ4v) is 4.85. The van der Waals surface area contributed by atoms with Crippen LogP contribution in [0.3, 0.4) is 0 Å². The smallest absolute Gasteiger partial charge is 0.257 e. The summed E-state index contributed by atoms with van der Waals surface area (Å²) < 4.78 is 0. The lowest BCUT2D eigenvalue weighted by Crippen LogP contribution is -2.41. The molecule has 1 fully saturated rings. The maximum atomic E-state index is 13.3. The molecule has 170 valence electrons. The molecule has 0 unspecified atom stereocenters. The number of H-pyrrole nitrogens is 1. The van der Waals surface area contributed by atoms with Crippen molar-refractivity contribution in [3.63, 3.8) is 0 Å². The van der Waals surface area contributed by atoms with Gasteiger partial charge in [-0.1, -0.05) is 30.3 Å². The molecule has 2 amide bonds. The number of rotatable bonds is 4. The van der Waals surface area contributed by atoms with E-state index < -0.39 is 0 Å². The topological polar surface area (TPSA) is 95.1 Å². The molecule has 0 bridgehead atoms. The molecule has 2 aromatic heterocycles. The van der Waals surface area contributed by atoms with Gasteiger partial charge >= 0.3 is 0 Å². The molecule has 0 aliphatic carbocycles. The van der Waals surface area contributed by atoms with E-state index in [1.807, 2.05) is 49.1 Å². The van der Waals surface area contributed by atoms with E-state index >= 15 is 0 Å². The minimum Gasteiger partial charge on any atom is -0.328 e. The van der Waals surface area contributed by atoms with E-state index in [1.165, 1.54) is 0 Å². The summed E-state index contributed by atoms with van der Waals surface area (Å²) in [5.74, 6) is 1.33. The van der Waals surface area contributed by atoms with Crippen LogP contribution in [0.5, 0.6) is 0 Å². The Morgan fingerprint density at radius 1 is 1.12 bits per heavy atom. The van der Waals surface area contributed by atoms with Crippen LogP contribution in [0.15, 0.2) is 36.5 Å². The number of carbonyl (C=O) groups is 2. The number of aryl methyl sites for hydroxylation is 2. The van der Waals surface area contributed by atoms with Crippen molar-refractivity contribution >= 4 is 17.6 Å². The summed E-state index contributed by atoms with van der Waals surface area (Å²) in [5, 5.41) is 6.87. The third-order valence-corrected chi connectivity index (χ3v) is 6.66. The highest BCUT2D eigenvalue weighted by molar-refractivity contribution is 5.96. The lowest BCUT2D eigenvalue weighted by atomic mass is 9.98. The average molecular weight is 445 g/mol. The van der Waals surface area contributed by atoms with Crippen molar-refractivity contribution in [2.45, 2.75) is 58.5 Å². The molecular weight excluding hydrogens is 416 g/mol. The van der Waals surface area contributed by atoms with Gasteiger partial charge in [0.05, 0.1) is 24.3 Å². The van der Waals surface area contributed by atoms with E-state index in [1.54, 1.807) is 11.1 Å². The van der Waals surface area contributed by atoms with Gasteiger partial charge in [-0.3, -0.25) is 19.6 Å². The number of fused-ring (bicyclic) bond motifs is 1. The second kappa shape index (κ2) is 8.77. The average Bonchev–Trinajstić information content (AvgIpc) is 3.27. The van der Waals surface area contributed by atoms with Crippen LogP contribution < -0.4 is 4.90 Å². The minimum absolute atomic E-state index is 0.0536. The van der Waals surface area contributed by atoms with Gasteiger partial charge in [-0.15, -0.1) is 0 Å². The third kappa shape index (κ3) is 4.01. The van der Waals surface area contributed by atoms with Crippen LogP contribution in [0, 0.1) is 13.8 Å². The first-order valence-corrected chi connectivity index (χ1v) is 11.6. The van der Waals surface area contributed by atoms with Gasteiger partial charge in [0.15, 0.2) is 5.82 Å². The molecule has 2 aliphatic heterocycles. The Hall–Kier alpha value is -3.55. The number of aromatic amines is 1. The number of likely N-dealkylation sites (tertiary alicyclic amines) is 1. The van der Waals surface area contributed by atoms with Crippen molar-refractivity contribution < 1.29 is 9.59 Å². The Morgan fingerprint density at radius 3 is 2.70 bits per heavy atom. The number of nitrogens with one attached hydrogen (secondary N) is 1. The van der Waals surface area contributed by atoms with Crippen LogP contribution in [-0.4, -0.2) is 43.4 Å². The second-order valence-corrected chi connectivity index (χ2v) is 8.85. The Labute approximate surface area is 193 Å². The van der Waals surface area contributed by atoms with Crippen LogP contribution in [0.25, 0.3) is 0 Å². The van der Waals surface area contributed by atoms with Gasteiger partial charge in [-0.25, -0.2) is 9.97 Å². The number of aromatic nitrogens is 4. The molecule has 1 N–H and O–H groups in total. The molecule has 4 heterocycles. The van der Waals surface area contributed by atoms with Crippen molar-refractivity contribution in [3.05, 3.63) is 70.4 Å². The molecule has 0 radical (unpaired) electrons. The van der Waals surface area contributed by atoms with Gasteiger partial charge in [0.1, 0.15) is 5.82 Å². The van der Waals surface area contributed by atoms with Gasteiger partial charge < -0.3 is 4.90 Å². The van der Waals surface area contributed by atoms with Crippen molar-refractivity contribution in [1.29, 1.82) is 0 Å². The first-order chi connectivity index (χ1) is 16.0. The quantitative estimate of drug-likeness (QED) is 0.663. The lowest BCUT2D eigenvalue weighted by Gasteiger charge is -2.36. The predicted octanol–water partition coefficient (Wildman–Crippen LogP) is 3.66. The summed E-state index contributed by atoms with van der Waals surface area (Å²) in [6, 6.07) is 9.74. The first-order valence-electron chi connectivity index (χ1n) is 11.6. The summed E-state index contributed by atoms with van der Waals surface area (Å²) in [7, 11) is 0. The largest absolute Gasteiger partial charge is 0.328 e. The molecule has 2 aliphatic rings. The number of nitrogens with zero attached hydrogens (tertiary/aromatic N) is 5. The molecule has 0 spiro atoms. The van der Waals surface area contributed by atoms with Gasteiger partial charge in [-0.05, 0) is 45.1 Å². The van der Waals surface area contributed by atoms with Crippen molar-refractivity contribution in [2.24, 2.45) is 0 Å². The maximum Gasteiger partial charge on any atom is 0.257 e. The number of hydrogen-bond donors (Lipinski definition) is 1. The van der Waals surface area contributed by atoms with Crippen molar-refractivity contribution in [2.75, 3.05) is 11.4 Å². The van der Waals surface area contributed by atoms with Crippen LogP contribution in [-0.2, 0) is 17.8 Å². The second-order valence-electron chi connectivity index (χ2n) is 8.85. The maximum absolute atomic E-state index is 13.3. The van der Waals surface area contributed by atoms with Gasteiger partial charge in [0, 0.05) is 29.9 Å². The SMILES string of the molecule is Cc1nc([C@H]2CCCCN2C(=O)c2cn[nH]c2C)nc2c1CCC(=O)N2Cc1ccccc1. The molecular formula is C25H28N6O2. The summed E-state index contributed by atoms with van der Waals surface area (Å²) in [6.45, 7) is 4.96. The monoisotopic (exact) mass is 444 g/mol. The number of carbonyl (C=O) groups excluding carboxylic acids is 2.